The molecule has 116 valence electrons. The molecule has 0 saturated carbocycles. The lowest BCUT2D eigenvalue weighted by atomic mass is 9.98. The summed E-state index contributed by atoms with van der Waals surface area (Å²) in [5.74, 6) is -0.644. The number of halogens is 2. The maximum absolute atomic E-state index is 10.9. The number of rotatable bonds is 7. The van der Waals surface area contributed by atoms with Gasteiger partial charge in [0.05, 0.1) is 20.5 Å². The first kappa shape index (κ1) is 17.9. The van der Waals surface area contributed by atoms with Gasteiger partial charge in [-0.3, -0.25) is 14.9 Å². The van der Waals surface area contributed by atoms with E-state index >= 15 is 0 Å². The SMILES string of the molecule is CC(N)(CCCOc1c(Br)cc([N+](=O)[O-])cc1Br)C(=O)O. The third-order valence-corrected chi connectivity index (χ3v) is 3.95. The Labute approximate surface area is 137 Å². The Balaban J connectivity index is 2.65. The number of nitro benzene ring substituents is 1. The number of carboxylic acid groups (broad SMARTS) is 1. The minimum atomic E-state index is -1.30. The van der Waals surface area contributed by atoms with Crippen LogP contribution in [0.1, 0.15) is 19.8 Å². The number of aliphatic carboxylic acids is 1. The third kappa shape index (κ3) is 4.94. The summed E-state index contributed by atoms with van der Waals surface area (Å²) >= 11 is 6.41. The number of non-ortho nitro benzene ring substituents is 1. The summed E-state index contributed by atoms with van der Waals surface area (Å²) in [6.07, 6.45) is 0.694. The molecular weight excluding hydrogens is 412 g/mol. The first-order valence-electron chi connectivity index (χ1n) is 5.93. The highest BCUT2D eigenvalue weighted by Crippen LogP contribution is 2.37. The van der Waals surface area contributed by atoms with Crippen molar-refractivity contribution in [3.63, 3.8) is 0 Å². The minimum absolute atomic E-state index is 0.0680. The highest BCUT2D eigenvalue weighted by Gasteiger charge is 2.27. The fourth-order valence-corrected chi connectivity index (χ4v) is 2.90. The molecule has 1 unspecified atom stereocenters. The van der Waals surface area contributed by atoms with E-state index in [1.807, 2.05) is 0 Å². The maximum Gasteiger partial charge on any atom is 0.323 e. The van der Waals surface area contributed by atoms with E-state index < -0.39 is 16.4 Å². The van der Waals surface area contributed by atoms with Crippen LogP contribution in [0.2, 0.25) is 0 Å². The van der Waals surface area contributed by atoms with Gasteiger partial charge in [0.2, 0.25) is 0 Å². The molecular formula is C12H14Br2N2O5. The molecule has 21 heavy (non-hydrogen) atoms. The molecule has 0 heterocycles. The first-order chi connectivity index (χ1) is 9.65. The zero-order chi connectivity index (χ0) is 16.2. The largest absolute Gasteiger partial charge is 0.491 e. The van der Waals surface area contributed by atoms with E-state index in [0.717, 1.165) is 0 Å². The summed E-state index contributed by atoms with van der Waals surface area (Å²) in [7, 11) is 0. The number of ether oxygens (including phenoxy) is 1. The molecule has 0 aliphatic heterocycles. The third-order valence-electron chi connectivity index (χ3n) is 2.77. The van der Waals surface area contributed by atoms with Crippen LogP contribution in [0, 0.1) is 10.1 Å². The van der Waals surface area contributed by atoms with Crippen molar-refractivity contribution in [1.29, 1.82) is 0 Å². The maximum atomic E-state index is 10.9. The van der Waals surface area contributed by atoms with E-state index in [1.54, 1.807) is 0 Å². The van der Waals surface area contributed by atoms with E-state index in [-0.39, 0.29) is 18.7 Å². The molecule has 9 heteroatoms. The van der Waals surface area contributed by atoms with Crippen LogP contribution in [0.4, 0.5) is 5.69 Å². The standard InChI is InChI=1S/C12H14Br2N2O5/c1-12(15,11(17)18)3-2-4-21-10-8(13)5-7(16(19)20)6-9(10)14/h5-6H,2-4,15H2,1H3,(H,17,18). The predicted octanol–water partition coefficient (Wildman–Crippen LogP) is 3.08. The van der Waals surface area contributed by atoms with Gasteiger partial charge in [-0.2, -0.15) is 0 Å². The molecule has 7 nitrogen and oxygen atoms in total. The molecule has 0 amide bonds. The average molecular weight is 426 g/mol. The van der Waals surface area contributed by atoms with Crippen LogP contribution < -0.4 is 10.5 Å². The summed E-state index contributed by atoms with van der Waals surface area (Å²) in [4.78, 5) is 21.0. The molecule has 0 radical (unpaired) electrons. The molecule has 1 aromatic rings. The van der Waals surface area contributed by atoms with E-state index in [0.29, 0.717) is 21.1 Å². The lowest BCUT2D eigenvalue weighted by Crippen LogP contribution is -2.44. The number of nitrogens with zero attached hydrogens (tertiary/aromatic N) is 1. The Hall–Kier alpha value is -1.19. The number of hydrogen-bond acceptors (Lipinski definition) is 5. The van der Waals surface area contributed by atoms with Gasteiger partial charge in [0.25, 0.3) is 5.69 Å². The molecule has 0 bridgehead atoms. The van der Waals surface area contributed by atoms with E-state index in [1.165, 1.54) is 19.1 Å². The predicted molar refractivity (Wildman–Crippen MR) is 83.5 cm³/mol. The van der Waals surface area contributed by atoms with Crippen molar-refractivity contribution in [2.24, 2.45) is 5.73 Å². The van der Waals surface area contributed by atoms with Gasteiger partial charge in [0, 0.05) is 12.1 Å². The minimum Gasteiger partial charge on any atom is -0.491 e. The lowest BCUT2D eigenvalue weighted by molar-refractivity contribution is -0.385. The van der Waals surface area contributed by atoms with Crippen LogP contribution in [0.25, 0.3) is 0 Å². The molecule has 1 atom stereocenters. The molecule has 3 N–H and O–H groups in total. The second-order valence-electron chi connectivity index (χ2n) is 4.67. The van der Waals surface area contributed by atoms with Crippen LogP contribution in [0.15, 0.2) is 21.1 Å². The molecule has 1 rings (SSSR count). The van der Waals surface area contributed by atoms with Crippen LogP contribution in [0.3, 0.4) is 0 Å². The molecule has 0 aliphatic rings. The normalized spacial score (nSPS) is 13.5. The van der Waals surface area contributed by atoms with Gasteiger partial charge in [-0.25, -0.2) is 0 Å². The van der Waals surface area contributed by atoms with Gasteiger partial charge < -0.3 is 15.6 Å². The van der Waals surface area contributed by atoms with Gasteiger partial charge in [0.15, 0.2) is 0 Å². The van der Waals surface area contributed by atoms with Crippen LogP contribution in [-0.4, -0.2) is 28.1 Å². The van der Waals surface area contributed by atoms with Crippen molar-refractivity contribution in [3.05, 3.63) is 31.2 Å². The Morgan fingerprint density at radius 2 is 2.00 bits per heavy atom. The summed E-state index contributed by atoms with van der Waals surface area (Å²) < 4.78 is 6.40. The zero-order valence-corrected chi connectivity index (χ0v) is 14.3. The summed E-state index contributed by atoms with van der Waals surface area (Å²) in [5, 5.41) is 19.6. The molecule has 0 aromatic heterocycles. The number of nitro groups is 1. The molecule has 0 spiro atoms. The Morgan fingerprint density at radius 1 is 1.48 bits per heavy atom. The van der Waals surface area contributed by atoms with Crippen molar-refractivity contribution in [2.75, 3.05) is 6.61 Å². The summed E-state index contributed by atoms with van der Waals surface area (Å²) in [6.45, 7) is 1.68. The second kappa shape index (κ2) is 7.19. The fraction of sp³-hybridized carbons (Fsp3) is 0.417. The van der Waals surface area contributed by atoms with Crippen molar-refractivity contribution in [1.82, 2.24) is 0 Å². The topological polar surface area (TPSA) is 116 Å². The molecule has 1 aromatic carbocycles. The molecule has 0 fully saturated rings. The van der Waals surface area contributed by atoms with Gasteiger partial charge in [0.1, 0.15) is 11.3 Å². The van der Waals surface area contributed by atoms with Gasteiger partial charge in [-0.05, 0) is 51.6 Å². The lowest BCUT2D eigenvalue weighted by Gasteiger charge is -2.19. The van der Waals surface area contributed by atoms with Crippen molar-refractivity contribution < 1.29 is 19.6 Å². The second-order valence-corrected chi connectivity index (χ2v) is 6.38. The van der Waals surface area contributed by atoms with Crippen LogP contribution in [-0.2, 0) is 4.79 Å². The average Bonchev–Trinajstić information content (AvgIpc) is 2.36. The van der Waals surface area contributed by atoms with E-state index in [9.17, 15) is 14.9 Å². The van der Waals surface area contributed by atoms with E-state index in [2.05, 4.69) is 31.9 Å². The Kier molecular flexibility index (Phi) is 6.11. The quantitative estimate of drug-likeness (QED) is 0.394. The zero-order valence-electron chi connectivity index (χ0n) is 11.1. The first-order valence-corrected chi connectivity index (χ1v) is 7.52. The Bertz CT molecular complexity index is 540. The molecule has 0 aliphatic carbocycles. The highest BCUT2D eigenvalue weighted by atomic mass is 79.9. The number of carbonyl (C=O) groups is 1. The van der Waals surface area contributed by atoms with Crippen molar-refractivity contribution >= 4 is 43.5 Å². The smallest absolute Gasteiger partial charge is 0.323 e. The van der Waals surface area contributed by atoms with E-state index in [4.69, 9.17) is 15.6 Å². The number of carboxylic acids is 1. The van der Waals surface area contributed by atoms with Gasteiger partial charge in [-0.15, -0.1) is 0 Å². The van der Waals surface area contributed by atoms with Crippen LogP contribution >= 0.6 is 31.9 Å². The van der Waals surface area contributed by atoms with Crippen molar-refractivity contribution in [3.8, 4) is 5.75 Å². The molecule has 0 saturated heterocycles. The fourth-order valence-electron chi connectivity index (χ4n) is 1.51. The summed E-state index contributed by atoms with van der Waals surface area (Å²) in [6, 6.07) is 2.68. The number of benzene rings is 1. The number of nitrogens with two attached hydrogens (primary N) is 1. The number of hydrogen-bond donors (Lipinski definition) is 2. The van der Waals surface area contributed by atoms with Crippen molar-refractivity contribution in [2.45, 2.75) is 25.3 Å². The van der Waals surface area contributed by atoms with Gasteiger partial charge in [-0.1, -0.05) is 0 Å². The van der Waals surface area contributed by atoms with Crippen LogP contribution in [0.5, 0.6) is 5.75 Å². The monoisotopic (exact) mass is 424 g/mol. The summed E-state index contributed by atoms with van der Waals surface area (Å²) in [5.41, 5.74) is 4.24. The Morgan fingerprint density at radius 3 is 2.43 bits per heavy atom. The highest BCUT2D eigenvalue weighted by molar-refractivity contribution is 9.11. The van der Waals surface area contributed by atoms with Gasteiger partial charge >= 0.3 is 5.97 Å².